The Bertz CT molecular complexity index is 330. The summed E-state index contributed by atoms with van der Waals surface area (Å²) >= 11 is 0. The molecule has 0 radical (unpaired) electrons. The first-order chi connectivity index (χ1) is 8.13. The second-order valence-corrected chi connectivity index (χ2v) is 5.47. The van der Waals surface area contributed by atoms with Gasteiger partial charge in [-0.3, -0.25) is 0 Å². The minimum absolute atomic E-state index is 0.492. The third kappa shape index (κ3) is 5.22. The molecule has 0 saturated heterocycles. The molecule has 0 unspecified atom stereocenters. The summed E-state index contributed by atoms with van der Waals surface area (Å²) in [5.41, 5.74) is 2.50. The number of allylic oxidation sites excluding steroid dienone is 4. The van der Waals surface area contributed by atoms with Gasteiger partial charge in [0.15, 0.2) is 0 Å². The summed E-state index contributed by atoms with van der Waals surface area (Å²) in [6, 6.07) is 2.35. The average molecular weight is 231 g/mol. The van der Waals surface area contributed by atoms with Gasteiger partial charge in [0, 0.05) is 5.57 Å². The Morgan fingerprint density at radius 3 is 2.71 bits per heavy atom. The smallest absolute Gasteiger partial charge is 0.0943 e. The van der Waals surface area contributed by atoms with Crippen LogP contribution >= 0.6 is 0 Å². The molecule has 0 aromatic heterocycles. The molecule has 0 aliphatic heterocycles. The molecule has 0 saturated carbocycles. The van der Waals surface area contributed by atoms with Crippen LogP contribution in [-0.4, -0.2) is 0 Å². The topological polar surface area (TPSA) is 23.8 Å². The highest BCUT2D eigenvalue weighted by molar-refractivity contribution is 5.21. The van der Waals surface area contributed by atoms with E-state index in [0.29, 0.717) is 5.92 Å². The average Bonchev–Trinajstić information content (AvgIpc) is 2.32. The Kier molecular flexibility index (Phi) is 6.05. The zero-order valence-electron chi connectivity index (χ0n) is 11.5. The van der Waals surface area contributed by atoms with E-state index in [1.807, 2.05) is 0 Å². The van der Waals surface area contributed by atoms with E-state index in [0.717, 1.165) is 24.3 Å². The van der Waals surface area contributed by atoms with Crippen molar-refractivity contribution >= 4 is 0 Å². The molecule has 0 fully saturated rings. The lowest BCUT2D eigenvalue weighted by Crippen LogP contribution is -1.99. The van der Waals surface area contributed by atoms with Gasteiger partial charge in [-0.2, -0.15) is 5.26 Å². The van der Waals surface area contributed by atoms with Gasteiger partial charge < -0.3 is 0 Å². The van der Waals surface area contributed by atoms with Crippen LogP contribution in [0.1, 0.15) is 59.3 Å². The number of nitriles is 1. The van der Waals surface area contributed by atoms with Crippen molar-refractivity contribution in [3.05, 3.63) is 23.3 Å². The van der Waals surface area contributed by atoms with Crippen LogP contribution in [0.5, 0.6) is 0 Å². The third-order valence-corrected chi connectivity index (χ3v) is 3.80. The Hall–Kier alpha value is -1.03. The maximum atomic E-state index is 9.07. The molecule has 0 aromatic rings. The molecule has 0 spiro atoms. The van der Waals surface area contributed by atoms with Crippen molar-refractivity contribution in [2.75, 3.05) is 0 Å². The number of hydrogen-bond donors (Lipinski definition) is 0. The summed E-state index contributed by atoms with van der Waals surface area (Å²) in [5.74, 6) is 1.22. The van der Waals surface area contributed by atoms with Crippen LogP contribution < -0.4 is 0 Å². The lowest BCUT2D eigenvalue weighted by Gasteiger charge is -2.14. The molecule has 1 aliphatic rings. The van der Waals surface area contributed by atoms with Crippen molar-refractivity contribution in [2.24, 2.45) is 11.8 Å². The third-order valence-electron chi connectivity index (χ3n) is 3.80. The normalized spacial score (nSPS) is 34.2. The van der Waals surface area contributed by atoms with Crippen molar-refractivity contribution in [2.45, 2.75) is 59.3 Å². The zero-order chi connectivity index (χ0) is 12.7. The fourth-order valence-electron chi connectivity index (χ4n) is 2.33. The predicted octanol–water partition coefficient (Wildman–Crippen LogP) is 5.01. The summed E-state index contributed by atoms with van der Waals surface area (Å²) in [7, 11) is 0. The van der Waals surface area contributed by atoms with Gasteiger partial charge in [0.2, 0.25) is 0 Å². The van der Waals surface area contributed by atoms with Crippen LogP contribution in [0.25, 0.3) is 0 Å². The fourth-order valence-corrected chi connectivity index (χ4v) is 2.33. The van der Waals surface area contributed by atoms with E-state index < -0.39 is 0 Å². The Morgan fingerprint density at radius 1 is 1.24 bits per heavy atom. The van der Waals surface area contributed by atoms with Crippen molar-refractivity contribution in [1.82, 2.24) is 0 Å². The highest BCUT2D eigenvalue weighted by atomic mass is 14.2. The van der Waals surface area contributed by atoms with Crippen LogP contribution in [0.2, 0.25) is 0 Å². The minimum atomic E-state index is 0.492. The molecule has 0 bridgehead atoms. The van der Waals surface area contributed by atoms with Crippen LogP contribution in [0.15, 0.2) is 23.3 Å². The van der Waals surface area contributed by atoms with Crippen LogP contribution in [0.3, 0.4) is 0 Å². The summed E-state index contributed by atoms with van der Waals surface area (Å²) in [4.78, 5) is 0. The van der Waals surface area contributed by atoms with Gasteiger partial charge in [-0.05, 0) is 44.4 Å². The summed E-state index contributed by atoms with van der Waals surface area (Å²) in [6.45, 7) is 6.79. The predicted molar refractivity (Wildman–Crippen MR) is 73.5 cm³/mol. The Balaban J connectivity index is 2.74. The van der Waals surface area contributed by atoms with Gasteiger partial charge in [-0.1, -0.05) is 44.4 Å². The van der Waals surface area contributed by atoms with Crippen molar-refractivity contribution < 1.29 is 0 Å². The molecule has 0 N–H and O–H groups in total. The molecule has 0 amide bonds. The second-order valence-electron chi connectivity index (χ2n) is 5.47. The molecule has 1 rings (SSSR count). The standard InChI is InChI=1S/C16H25N/c1-13-9-10-15(3)14(2)7-5-4-6-8-16(11-13)12-17/h10-11,13-14H,4-9H2,1-3H3/b15-10+,16-11-/t13-,14+/m0/s1. The summed E-state index contributed by atoms with van der Waals surface area (Å²) in [5, 5.41) is 9.07. The van der Waals surface area contributed by atoms with E-state index in [-0.39, 0.29) is 0 Å². The quantitative estimate of drug-likeness (QED) is 0.538. The van der Waals surface area contributed by atoms with E-state index in [2.05, 4.69) is 39.0 Å². The second kappa shape index (κ2) is 7.33. The minimum Gasteiger partial charge on any atom is -0.193 e. The molecule has 1 aliphatic carbocycles. The molecular weight excluding hydrogens is 206 g/mol. The van der Waals surface area contributed by atoms with E-state index >= 15 is 0 Å². The van der Waals surface area contributed by atoms with Crippen LogP contribution in [0.4, 0.5) is 0 Å². The Labute approximate surface area is 106 Å². The van der Waals surface area contributed by atoms with Gasteiger partial charge in [-0.15, -0.1) is 0 Å². The molecule has 1 heteroatoms. The van der Waals surface area contributed by atoms with E-state index in [1.165, 1.54) is 31.3 Å². The van der Waals surface area contributed by atoms with Crippen molar-refractivity contribution in [3.8, 4) is 6.07 Å². The van der Waals surface area contributed by atoms with E-state index in [4.69, 9.17) is 5.26 Å². The van der Waals surface area contributed by atoms with Crippen molar-refractivity contribution in [1.29, 1.82) is 5.26 Å². The highest BCUT2D eigenvalue weighted by Gasteiger charge is 2.07. The summed E-state index contributed by atoms with van der Waals surface area (Å²) < 4.78 is 0. The molecule has 94 valence electrons. The van der Waals surface area contributed by atoms with Gasteiger partial charge in [0.1, 0.15) is 0 Å². The molecule has 0 aromatic carbocycles. The van der Waals surface area contributed by atoms with Crippen molar-refractivity contribution in [3.63, 3.8) is 0 Å². The molecular formula is C16H25N. The summed E-state index contributed by atoms with van der Waals surface area (Å²) in [6.07, 6.45) is 11.6. The van der Waals surface area contributed by atoms with E-state index in [9.17, 15) is 0 Å². The zero-order valence-corrected chi connectivity index (χ0v) is 11.5. The SMILES string of the molecule is C/C1=C\C[C@H](C)/C=C(\C#N)CCCCC[C@H]1C. The fraction of sp³-hybridized carbons (Fsp3) is 0.688. The largest absolute Gasteiger partial charge is 0.193 e. The number of hydrogen-bond acceptors (Lipinski definition) is 1. The highest BCUT2D eigenvalue weighted by Crippen LogP contribution is 2.22. The monoisotopic (exact) mass is 231 g/mol. The number of nitrogens with zero attached hydrogens (tertiary/aromatic N) is 1. The van der Waals surface area contributed by atoms with Gasteiger partial charge in [0.25, 0.3) is 0 Å². The maximum Gasteiger partial charge on any atom is 0.0943 e. The molecule has 17 heavy (non-hydrogen) atoms. The lowest BCUT2D eigenvalue weighted by molar-refractivity contribution is 0.539. The van der Waals surface area contributed by atoms with Gasteiger partial charge in [0.05, 0.1) is 6.07 Å². The van der Waals surface area contributed by atoms with Gasteiger partial charge in [-0.25, -0.2) is 0 Å². The first-order valence-corrected chi connectivity index (χ1v) is 6.91. The lowest BCUT2D eigenvalue weighted by atomic mass is 9.91. The van der Waals surface area contributed by atoms with E-state index in [1.54, 1.807) is 0 Å². The van der Waals surface area contributed by atoms with Gasteiger partial charge >= 0.3 is 0 Å². The first kappa shape index (κ1) is 14.0. The molecule has 2 atom stereocenters. The van der Waals surface area contributed by atoms with Crippen LogP contribution in [-0.2, 0) is 0 Å². The number of rotatable bonds is 0. The maximum absolute atomic E-state index is 9.07. The van der Waals surface area contributed by atoms with Crippen LogP contribution in [0, 0.1) is 23.2 Å². The molecule has 1 nitrogen and oxygen atoms in total. The first-order valence-electron chi connectivity index (χ1n) is 6.91. The molecule has 0 heterocycles. The Morgan fingerprint density at radius 2 is 2.00 bits per heavy atom.